The molecular weight excluding hydrogens is 423 g/mol. The molecule has 0 aromatic heterocycles. The fraction of sp³-hybridized carbons (Fsp3) is 0.350. The zero-order chi connectivity index (χ0) is 21.9. The summed E-state index contributed by atoms with van der Waals surface area (Å²) < 4.78 is 76.8. The van der Waals surface area contributed by atoms with Crippen LogP contribution in [0.1, 0.15) is 24.0 Å². The lowest BCUT2D eigenvalue weighted by molar-refractivity contribution is -0.0136. The molecule has 1 atom stereocenters. The number of halogens is 3. The summed E-state index contributed by atoms with van der Waals surface area (Å²) in [6, 6.07) is 7.81. The molecule has 0 spiro atoms. The monoisotopic (exact) mass is 443 g/mol. The molecule has 0 saturated carbocycles. The Labute approximate surface area is 172 Å². The average molecular weight is 443 g/mol. The summed E-state index contributed by atoms with van der Waals surface area (Å²) in [7, 11) is -4.08. The SMILES string of the molecule is CS(=O)(=O)OC[C@@](OC(=O)N1CCCC1)(c1cccc(F)c1)c1cccc(F)c1F. The highest BCUT2D eigenvalue weighted by Gasteiger charge is 2.44. The maximum Gasteiger partial charge on any atom is 0.411 e. The first-order chi connectivity index (χ1) is 14.1. The summed E-state index contributed by atoms with van der Waals surface area (Å²) in [5, 5.41) is 0. The van der Waals surface area contributed by atoms with Gasteiger partial charge in [-0.3, -0.25) is 4.18 Å². The van der Waals surface area contributed by atoms with Gasteiger partial charge in [0.25, 0.3) is 10.1 Å². The fourth-order valence-corrected chi connectivity index (χ4v) is 3.70. The maximum atomic E-state index is 14.9. The summed E-state index contributed by atoms with van der Waals surface area (Å²) in [6.07, 6.45) is 1.34. The van der Waals surface area contributed by atoms with Crippen LogP contribution >= 0.6 is 0 Å². The number of benzene rings is 2. The van der Waals surface area contributed by atoms with Crippen LogP contribution < -0.4 is 0 Å². The van der Waals surface area contributed by atoms with Crippen LogP contribution in [0.15, 0.2) is 42.5 Å². The number of ether oxygens (including phenoxy) is 1. The Hall–Kier alpha value is -2.59. The lowest BCUT2D eigenvalue weighted by Crippen LogP contribution is -2.44. The molecule has 0 unspecified atom stereocenters. The second-order valence-corrected chi connectivity index (χ2v) is 8.61. The average Bonchev–Trinajstić information content (AvgIpc) is 3.22. The number of hydrogen-bond acceptors (Lipinski definition) is 5. The van der Waals surface area contributed by atoms with Crippen LogP contribution in [0.3, 0.4) is 0 Å². The van der Waals surface area contributed by atoms with Gasteiger partial charge < -0.3 is 9.64 Å². The van der Waals surface area contributed by atoms with Crippen molar-refractivity contribution in [3.63, 3.8) is 0 Å². The standard InChI is InChI=1S/C20H20F3NO5S/c1-30(26,27)28-13-20(14-6-4-7-15(21)12-14,16-8-5-9-17(22)18(16)23)29-19(25)24-10-2-3-11-24/h4-9,12H,2-3,10-11,13H2,1H3/t20-/m1/s1. The third-order valence-corrected chi connectivity index (χ3v) is 5.33. The van der Waals surface area contributed by atoms with Crippen molar-refractivity contribution in [2.75, 3.05) is 26.0 Å². The third-order valence-electron chi connectivity index (χ3n) is 4.78. The summed E-state index contributed by atoms with van der Waals surface area (Å²) in [6.45, 7) is -0.136. The molecule has 0 N–H and O–H groups in total. The van der Waals surface area contributed by atoms with Gasteiger partial charge in [0, 0.05) is 24.2 Å². The maximum absolute atomic E-state index is 14.9. The molecule has 1 saturated heterocycles. The van der Waals surface area contributed by atoms with Crippen LogP contribution in [0.2, 0.25) is 0 Å². The molecule has 1 fully saturated rings. The highest BCUT2D eigenvalue weighted by atomic mass is 32.2. The van der Waals surface area contributed by atoms with E-state index in [2.05, 4.69) is 0 Å². The van der Waals surface area contributed by atoms with Crippen molar-refractivity contribution in [2.45, 2.75) is 18.4 Å². The predicted octanol–water partition coefficient (Wildman–Crippen LogP) is 3.56. The van der Waals surface area contributed by atoms with Crippen molar-refractivity contribution < 1.29 is 35.3 Å². The lowest BCUT2D eigenvalue weighted by Gasteiger charge is -2.35. The highest BCUT2D eigenvalue weighted by molar-refractivity contribution is 7.85. The quantitative estimate of drug-likeness (QED) is 0.639. The minimum absolute atomic E-state index is 0.108. The van der Waals surface area contributed by atoms with Gasteiger partial charge in [0.1, 0.15) is 12.4 Å². The Bertz CT molecular complexity index is 1040. The van der Waals surface area contributed by atoms with Crippen LogP contribution in [0, 0.1) is 17.5 Å². The van der Waals surface area contributed by atoms with Crippen molar-refractivity contribution >= 4 is 16.2 Å². The topological polar surface area (TPSA) is 72.9 Å². The highest BCUT2D eigenvalue weighted by Crippen LogP contribution is 2.38. The van der Waals surface area contributed by atoms with Crippen LogP contribution in [0.25, 0.3) is 0 Å². The molecule has 2 aromatic carbocycles. The predicted molar refractivity (Wildman–Crippen MR) is 102 cm³/mol. The number of likely N-dealkylation sites (tertiary alicyclic amines) is 1. The molecule has 6 nitrogen and oxygen atoms in total. The van der Waals surface area contributed by atoms with Gasteiger partial charge in [-0.15, -0.1) is 0 Å². The Balaban J connectivity index is 2.20. The van der Waals surface area contributed by atoms with Crippen LogP contribution in [0.5, 0.6) is 0 Å². The first kappa shape index (κ1) is 22.1. The minimum atomic E-state index is -4.08. The van der Waals surface area contributed by atoms with E-state index in [4.69, 9.17) is 8.92 Å². The molecule has 1 aliphatic heterocycles. The molecule has 162 valence electrons. The van der Waals surface area contributed by atoms with Crippen molar-refractivity contribution in [3.05, 3.63) is 71.0 Å². The Morgan fingerprint density at radius 3 is 2.40 bits per heavy atom. The number of rotatable bonds is 6. The molecule has 1 amide bonds. The van der Waals surface area contributed by atoms with Gasteiger partial charge in [-0.1, -0.05) is 24.3 Å². The van der Waals surface area contributed by atoms with Gasteiger partial charge >= 0.3 is 6.09 Å². The molecule has 0 bridgehead atoms. The lowest BCUT2D eigenvalue weighted by atomic mass is 9.86. The van der Waals surface area contributed by atoms with Crippen molar-refractivity contribution in [3.8, 4) is 0 Å². The first-order valence-corrected chi connectivity index (χ1v) is 11.0. The van der Waals surface area contributed by atoms with Crippen LogP contribution in [-0.2, 0) is 24.6 Å². The van der Waals surface area contributed by atoms with Crippen molar-refractivity contribution in [2.24, 2.45) is 0 Å². The summed E-state index contributed by atoms with van der Waals surface area (Å²) >= 11 is 0. The second kappa shape index (κ2) is 8.65. The largest absolute Gasteiger partial charge is 0.430 e. The first-order valence-electron chi connectivity index (χ1n) is 9.15. The van der Waals surface area contributed by atoms with Crippen LogP contribution in [0.4, 0.5) is 18.0 Å². The molecule has 30 heavy (non-hydrogen) atoms. The fourth-order valence-electron chi connectivity index (χ4n) is 3.32. The summed E-state index contributed by atoms with van der Waals surface area (Å²) in [5.74, 6) is -3.36. The zero-order valence-electron chi connectivity index (χ0n) is 16.1. The van der Waals surface area contributed by atoms with Gasteiger partial charge in [0.05, 0.1) is 6.26 Å². The molecule has 0 aliphatic carbocycles. The van der Waals surface area contributed by atoms with E-state index in [0.29, 0.717) is 13.1 Å². The van der Waals surface area contributed by atoms with Gasteiger partial charge in [-0.05, 0) is 31.0 Å². The number of nitrogens with zero attached hydrogens (tertiary/aromatic N) is 1. The minimum Gasteiger partial charge on any atom is -0.430 e. The number of hydrogen-bond donors (Lipinski definition) is 0. The van der Waals surface area contributed by atoms with E-state index in [1.54, 1.807) is 0 Å². The number of carbonyl (C=O) groups is 1. The molecule has 1 heterocycles. The van der Waals surface area contributed by atoms with Crippen molar-refractivity contribution in [1.29, 1.82) is 0 Å². The molecule has 2 aromatic rings. The number of carbonyl (C=O) groups excluding carboxylic acids is 1. The summed E-state index contributed by atoms with van der Waals surface area (Å²) in [4.78, 5) is 14.2. The van der Waals surface area contributed by atoms with Gasteiger partial charge in [0.2, 0.25) is 0 Å². The molecular formula is C20H20F3NO5S. The smallest absolute Gasteiger partial charge is 0.411 e. The zero-order valence-corrected chi connectivity index (χ0v) is 16.9. The van der Waals surface area contributed by atoms with E-state index in [-0.39, 0.29) is 5.56 Å². The van der Waals surface area contributed by atoms with E-state index in [1.807, 2.05) is 0 Å². The summed E-state index contributed by atoms with van der Waals surface area (Å²) in [5.41, 5.74) is -2.86. The van der Waals surface area contributed by atoms with E-state index in [9.17, 15) is 26.4 Å². The third kappa shape index (κ3) is 4.76. The van der Waals surface area contributed by atoms with Crippen molar-refractivity contribution in [1.82, 2.24) is 4.90 Å². The molecule has 10 heteroatoms. The van der Waals surface area contributed by atoms with E-state index in [0.717, 1.165) is 43.4 Å². The van der Waals surface area contributed by atoms with Gasteiger partial charge in [-0.2, -0.15) is 8.42 Å². The molecule has 1 aliphatic rings. The molecule has 0 radical (unpaired) electrons. The number of amides is 1. The Morgan fingerprint density at radius 2 is 1.77 bits per heavy atom. The van der Waals surface area contributed by atoms with Crippen LogP contribution in [-0.4, -0.2) is 45.4 Å². The van der Waals surface area contributed by atoms with Gasteiger partial charge in [-0.25, -0.2) is 18.0 Å². The Kier molecular flexibility index (Phi) is 6.37. The van der Waals surface area contributed by atoms with E-state index >= 15 is 0 Å². The van der Waals surface area contributed by atoms with Gasteiger partial charge in [0.15, 0.2) is 17.2 Å². The Morgan fingerprint density at radius 1 is 1.10 bits per heavy atom. The second-order valence-electron chi connectivity index (χ2n) is 6.97. The van der Waals surface area contributed by atoms with E-state index in [1.165, 1.54) is 23.1 Å². The normalized spacial score (nSPS) is 16.3. The van der Waals surface area contributed by atoms with E-state index < -0.39 is 51.4 Å². The molecule has 3 rings (SSSR count).